The number of carbonyl (C=O) groups is 1. The Morgan fingerprint density at radius 2 is 1.51 bits per heavy atom. The van der Waals surface area contributed by atoms with Gasteiger partial charge in [0.2, 0.25) is 5.95 Å². The highest BCUT2D eigenvalue weighted by Crippen LogP contribution is 2.27. The second-order valence-corrected chi connectivity index (χ2v) is 10.6. The van der Waals surface area contributed by atoms with E-state index in [0.717, 1.165) is 65.4 Å². The van der Waals surface area contributed by atoms with E-state index in [2.05, 4.69) is 39.5 Å². The highest BCUT2D eigenvalue weighted by atomic mass is 16.1. The van der Waals surface area contributed by atoms with Crippen molar-refractivity contribution in [1.82, 2.24) is 19.9 Å². The molecule has 6 rings (SSSR count). The topological polar surface area (TPSA) is 75.1 Å². The van der Waals surface area contributed by atoms with Gasteiger partial charge in [0.25, 0.3) is 5.91 Å². The van der Waals surface area contributed by atoms with Crippen LogP contribution in [0.3, 0.4) is 0 Å². The minimum absolute atomic E-state index is 0.00269. The third-order valence-corrected chi connectivity index (χ3v) is 7.63. The first-order valence-corrected chi connectivity index (χ1v) is 13.7. The number of para-hydroxylation sites is 2. The molecule has 0 radical (unpaired) electrons. The molecule has 7 nitrogen and oxygen atoms in total. The van der Waals surface area contributed by atoms with Crippen LogP contribution in [0.25, 0.3) is 21.8 Å². The Bertz CT molecular complexity index is 1600. The first-order valence-electron chi connectivity index (χ1n) is 13.7. The second kappa shape index (κ2) is 10.8. The number of nitrogens with one attached hydrogen (secondary N) is 2. The Hall–Kier alpha value is -4.39. The van der Waals surface area contributed by atoms with E-state index in [0.29, 0.717) is 5.95 Å². The quantitative estimate of drug-likeness (QED) is 0.283. The van der Waals surface area contributed by atoms with Gasteiger partial charge in [0.1, 0.15) is 5.82 Å². The average molecular weight is 519 g/mol. The third-order valence-electron chi connectivity index (χ3n) is 7.63. The number of amides is 1. The molecule has 5 aromatic rings. The summed E-state index contributed by atoms with van der Waals surface area (Å²) in [6, 6.07) is 27.0. The van der Waals surface area contributed by atoms with E-state index in [1.54, 1.807) is 0 Å². The molecule has 1 aliphatic carbocycles. The summed E-state index contributed by atoms with van der Waals surface area (Å²) in [6.07, 6.45) is 5.74. The van der Waals surface area contributed by atoms with E-state index < -0.39 is 0 Å². The van der Waals surface area contributed by atoms with Crippen LogP contribution in [0, 0.1) is 0 Å². The highest BCUT2D eigenvalue weighted by Gasteiger charge is 2.25. The molecule has 198 valence electrons. The predicted octanol–water partition coefficient (Wildman–Crippen LogP) is 5.85. The van der Waals surface area contributed by atoms with Gasteiger partial charge < -0.3 is 20.1 Å². The van der Waals surface area contributed by atoms with E-state index in [1.165, 1.54) is 5.56 Å². The van der Waals surface area contributed by atoms with Gasteiger partial charge in [-0.3, -0.25) is 4.79 Å². The van der Waals surface area contributed by atoms with Crippen LogP contribution in [-0.4, -0.2) is 46.6 Å². The van der Waals surface area contributed by atoms with Gasteiger partial charge in [0.05, 0.1) is 11.1 Å². The summed E-state index contributed by atoms with van der Waals surface area (Å²) in [5.74, 6) is 1.58. The number of anilines is 2. The number of aromatic nitrogens is 3. The van der Waals surface area contributed by atoms with Crippen LogP contribution in [0.5, 0.6) is 0 Å². The molecule has 0 atom stereocenters. The summed E-state index contributed by atoms with van der Waals surface area (Å²) in [4.78, 5) is 25.0. The number of hydrogen-bond acceptors (Lipinski definition) is 5. The summed E-state index contributed by atoms with van der Waals surface area (Å²) in [5, 5.41) is 8.92. The summed E-state index contributed by atoms with van der Waals surface area (Å²) < 4.78 is 2.17. The zero-order valence-corrected chi connectivity index (χ0v) is 22.5. The van der Waals surface area contributed by atoms with Crippen molar-refractivity contribution in [3.05, 3.63) is 96.2 Å². The van der Waals surface area contributed by atoms with E-state index in [4.69, 9.17) is 9.97 Å². The molecule has 0 saturated heterocycles. The standard InChI is InChI=1S/C32H34N6O/c1-37(2)30-26-13-6-8-14-28(26)35-32(36-30)34-24-18-16-23(17-19-24)33-31(39)27-21-38(20-22-10-4-3-5-11-22)29-15-9-7-12-25(27)29/h3-15,21,23-24H,16-20H2,1-2H3,(H,33,39)(H,34,35,36). The number of fused-ring (bicyclic) bond motifs is 2. The van der Waals surface area contributed by atoms with Gasteiger partial charge >= 0.3 is 0 Å². The number of nitrogens with zero attached hydrogens (tertiary/aromatic N) is 4. The minimum Gasteiger partial charge on any atom is -0.362 e. The maximum atomic E-state index is 13.4. The average Bonchev–Trinajstić information content (AvgIpc) is 3.32. The van der Waals surface area contributed by atoms with E-state index in [1.807, 2.05) is 79.8 Å². The largest absolute Gasteiger partial charge is 0.362 e. The fraction of sp³-hybridized carbons (Fsp3) is 0.281. The number of carbonyl (C=O) groups excluding carboxylic acids is 1. The van der Waals surface area contributed by atoms with E-state index in [-0.39, 0.29) is 18.0 Å². The first kappa shape index (κ1) is 24.9. The lowest BCUT2D eigenvalue weighted by Crippen LogP contribution is -2.40. The van der Waals surface area contributed by atoms with Crippen molar-refractivity contribution >= 4 is 39.5 Å². The summed E-state index contributed by atoms with van der Waals surface area (Å²) >= 11 is 0. The Labute approximate surface area is 228 Å². The number of benzene rings is 3. The molecule has 2 heterocycles. The molecule has 1 amide bonds. The number of hydrogen-bond donors (Lipinski definition) is 2. The lowest BCUT2D eigenvalue weighted by atomic mass is 9.91. The molecule has 0 bridgehead atoms. The van der Waals surface area contributed by atoms with Crippen LogP contribution in [0.2, 0.25) is 0 Å². The van der Waals surface area contributed by atoms with Crippen LogP contribution in [-0.2, 0) is 6.54 Å². The maximum absolute atomic E-state index is 13.4. The predicted molar refractivity (Wildman–Crippen MR) is 158 cm³/mol. The van der Waals surface area contributed by atoms with Gasteiger partial charge in [-0.1, -0.05) is 60.7 Å². The smallest absolute Gasteiger partial charge is 0.253 e. The van der Waals surface area contributed by atoms with E-state index >= 15 is 0 Å². The molecule has 1 saturated carbocycles. The maximum Gasteiger partial charge on any atom is 0.253 e. The van der Waals surface area contributed by atoms with E-state index in [9.17, 15) is 4.79 Å². The van der Waals surface area contributed by atoms with Crippen LogP contribution in [0.1, 0.15) is 41.6 Å². The molecule has 1 fully saturated rings. The molecule has 2 N–H and O–H groups in total. The zero-order valence-electron chi connectivity index (χ0n) is 22.5. The molecule has 0 unspecified atom stereocenters. The van der Waals surface area contributed by atoms with Crippen molar-refractivity contribution in [2.75, 3.05) is 24.3 Å². The summed E-state index contributed by atoms with van der Waals surface area (Å²) in [5.41, 5.74) is 3.96. The summed E-state index contributed by atoms with van der Waals surface area (Å²) in [6.45, 7) is 0.734. The van der Waals surface area contributed by atoms with Crippen LogP contribution in [0.4, 0.5) is 11.8 Å². The molecule has 3 aromatic carbocycles. The van der Waals surface area contributed by atoms with Gasteiger partial charge in [0, 0.05) is 55.2 Å². The van der Waals surface area contributed by atoms with Gasteiger partial charge in [-0.15, -0.1) is 0 Å². The van der Waals surface area contributed by atoms with Gasteiger partial charge in [-0.2, -0.15) is 4.98 Å². The zero-order chi connectivity index (χ0) is 26.8. The molecule has 7 heteroatoms. The molecular formula is C32H34N6O. The van der Waals surface area contributed by atoms with Gasteiger partial charge in [-0.05, 0) is 49.4 Å². The molecule has 39 heavy (non-hydrogen) atoms. The Morgan fingerprint density at radius 3 is 2.28 bits per heavy atom. The van der Waals surface area contributed by atoms with Crippen molar-refractivity contribution < 1.29 is 4.79 Å². The molecule has 0 aliphatic heterocycles. The Morgan fingerprint density at radius 1 is 0.846 bits per heavy atom. The highest BCUT2D eigenvalue weighted by molar-refractivity contribution is 6.07. The fourth-order valence-electron chi connectivity index (χ4n) is 5.63. The van der Waals surface area contributed by atoms with Crippen molar-refractivity contribution in [2.24, 2.45) is 0 Å². The minimum atomic E-state index is 0.00269. The second-order valence-electron chi connectivity index (χ2n) is 10.6. The Balaban J connectivity index is 1.11. The van der Waals surface area contributed by atoms with Crippen LogP contribution >= 0.6 is 0 Å². The van der Waals surface area contributed by atoms with Gasteiger partial charge in [-0.25, -0.2) is 4.98 Å². The van der Waals surface area contributed by atoms with Crippen molar-refractivity contribution in [2.45, 2.75) is 44.3 Å². The van der Waals surface area contributed by atoms with Crippen molar-refractivity contribution in [3.63, 3.8) is 0 Å². The Kier molecular flexibility index (Phi) is 6.88. The molecule has 2 aromatic heterocycles. The van der Waals surface area contributed by atoms with Crippen molar-refractivity contribution in [1.29, 1.82) is 0 Å². The lowest BCUT2D eigenvalue weighted by Gasteiger charge is -2.30. The SMILES string of the molecule is CN(C)c1nc(NC2CCC(NC(=O)c3cn(Cc4ccccc4)c4ccccc34)CC2)nc2ccccc12. The lowest BCUT2D eigenvalue weighted by molar-refractivity contribution is 0.0928. The number of rotatable bonds is 7. The van der Waals surface area contributed by atoms with Crippen LogP contribution < -0.4 is 15.5 Å². The normalized spacial score (nSPS) is 17.3. The van der Waals surface area contributed by atoms with Crippen molar-refractivity contribution in [3.8, 4) is 0 Å². The monoisotopic (exact) mass is 518 g/mol. The molecule has 1 aliphatic rings. The molecular weight excluding hydrogens is 484 g/mol. The fourth-order valence-corrected chi connectivity index (χ4v) is 5.63. The van der Waals surface area contributed by atoms with Gasteiger partial charge in [0.15, 0.2) is 0 Å². The summed E-state index contributed by atoms with van der Waals surface area (Å²) in [7, 11) is 4.01. The molecule has 0 spiro atoms. The van der Waals surface area contributed by atoms with Crippen LogP contribution in [0.15, 0.2) is 85.1 Å². The first-order chi connectivity index (χ1) is 19.0. The third kappa shape index (κ3) is 5.30.